The summed E-state index contributed by atoms with van der Waals surface area (Å²) in [5.41, 5.74) is 1.55. The Hall–Kier alpha value is -2.56. The number of anilines is 1. The van der Waals surface area contributed by atoms with Crippen LogP contribution in [0.4, 0.5) is 14.9 Å². The van der Waals surface area contributed by atoms with Gasteiger partial charge in [-0.05, 0) is 48.7 Å². The molecule has 120 valence electrons. The number of likely N-dealkylation sites (tertiary alicyclic amines) is 1. The van der Waals surface area contributed by atoms with Crippen LogP contribution < -0.4 is 10.1 Å². The zero-order valence-electron chi connectivity index (χ0n) is 13.0. The van der Waals surface area contributed by atoms with Crippen molar-refractivity contribution < 1.29 is 13.9 Å². The smallest absolute Gasteiger partial charge is 0.322 e. The van der Waals surface area contributed by atoms with Gasteiger partial charge in [0.2, 0.25) is 0 Å². The largest absolute Gasteiger partial charge is 0.497 e. The third kappa shape index (κ3) is 3.44. The van der Waals surface area contributed by atoms with Crippen LogP contribution in [0, 0.1) is 5.82 Å². The molecule has 5 heteroatoms. The number of hydrogen-bond acceptors (Lipinski definition) is 2. The molecule has 1 heterocycles. The maximum Gasteiger partial charge on any atom is 0.322 e. The number of benzene rings is 2. The number of halogens is 1. The van der Waals surface area contributed by atoms with Gasteiger partial charge in [-0.15, -0.1) is 0 Å². The minimum atomic E-state index is -0.365. The van der Waals surface area contributed by atoms with Gasteiger partial charge in [0.05, 0.1) is 13.2 Å². The van der Waals surface area contributed by atoms with E-state index in [1.165, 1.54) is 12.1 Å². The molecular weight excluding hydrogens is 295 g/mol. The minimum absolute atomic E-state index is 0.0365. The molecule has 0 aliphatic carbocycles. The number of nitrogens with one attached hydrogen (secondary N) is 1. The average Bonchev–Trinajstić information content (AvgIpc) is 3.05. The highest BCUT2D eigenvalue weighted by atomic mass is 19.1. The van der Waals surface area contributed by atoms with Gasteiger partial charge in [0, 0.05) is 12.2 Å². The first kappa shape index (κ1) is 15.3. The highest BCUT2D eigenvalue weighted by Gasteiger charge is 2.30. The Kier molecular flexibility index (Phi) is 4.46. The number of urea groups is 1. The van der Waals surface area contributed by atoms with E-state index in [4.69, 9.17) is 4.74 Å². The first-order valence-corrected chi connectivity index (χ1v) is 7.64. The molecule has 0 spiro atoms. The van der Waals surface area contributed by atoms with Gasteiger partial charge in [-0.3, -0.25) is 0 Å². The number of rotatable bonds is 3. The lowest BCUT2D eigenvalue weighted by atomic mass is 10.0. The fourth-order valence-electron chi connectivity index (χ4n) is 2.94. The number of carbonyl (C=O) groups excluding carboxylic acids is 1. The van der Waals surface area contributed by atoms with Gasteiger partial charge in [0.1, 0.15) is 11.6 Å². The van der Waals surface area contributed by atoms with Crippen LogP contribution in [0.3, 0.4) is 0 Å². The van der Waals surface area contributed by atoms with Crippen LogP contribution in [0.25, 0.3) is 0 Å². The first-order valence-electron chi connectivity index (χ1n) is 7.64. The lowest BCUT2D eigenvalue weighted by Gasteiger charge is -2.25. The molecule has 23 heavy (non-hydrogen) atoms. The molecule has 1 aliphatic heterocycles. The Morgan fingerprint density at radius 3 is 2.74 bits per heavy atom. The monoisotopic (exact) mass is 314 g/mol. The van der Waals surface area contributed by atoms with Crippen molar-refractivity contribution in [1.82, 2.24) is 4.90 Å². The van der Waals surface area contributed by atoms with Gasteiger partial charge in [-0.1, -0.05) is 18.2 Å². The summed E-state index contributed by atoms with van der Waals surface area (Å²) in [4.78, 5) is 14.3. The average molecular weight is 314 g/mol. The number of nitrogens with zero attached hydrogens (tertiary/aromatic N) is 1. The van der Waals surface area contributed by atoms with E-state index in [2.05, 4.69) is 5.32 Å². The Labute approximate surface area is 134 Å². The van der Waals surface area contributed by atoms with Gasteiger partial charge >= 0.3 is 6.03 Å². The van der Waals surface area contributed by atoms with Crippen LogP contribution >= 0.6 is 0 Å². The van der Waals surface area contributed by atoms with E-state index in [1.54, 1.807) is 24.1 Å². The molecule has 0 bridgehead atoms. The molecule has 2 aromatic carbocycles. The predicted octanol–water partition coefficient (Wildman–Crippen LogP) is 4.20. The normalized spacial score (nSPS) is 17.1. The molecule has 0 unspecified atom stereocenters. The lowest BCUT2D eigenvalue weighted by molar-refractivity contribution is 0.207. The van der Waals surface area contributed by atoms with E-state index >= 15 is 0 Å². The standard InChI is InChI=1S/C18H19FN2O2/c1-23-16-9-7-13(8-10-16)17-6-3-11-21(17)18(22)20-15-5-2-4-14(19)12-15/h2,4-5,7-10,12,17H,3,6,11H2,1H3,(H,20,22)/t17-/m1/s1. The van der Waals surface area contributed by atoms with E-state index in [-0.39, 0.29) is 17.9 Å². The Bertz CT molecular complexity index is 688. The van der Waals surface area contributed by atoms with E-state index in [9.17, 15) is 9.18 Å². The molecule has 0 aromatic heterocycles. The summed E-state index contributed by atoms with van der Waals surface area (Å²) in [5, 5.41) is 2.77. The SMILES string of the molecule is COc1ccc([C@H]2CCCN2C(=O)Nc2cccc(F)c2)cc1. The molecule has 4 nitrogen and oxygen atoms in total. The third-order valence-electron chi connectivity index (χ3n) is 4.09. The number of carbonyl (C=O) groups is 1. The van der Waals surface area contributed by atoms with Gasteiger partial charge in [-0.25, -0.2) is 9.18 Å². The highest BCUT2D eigenvalue weighted by molar-refractivity contribution is 5.89. The summed E-state index contributed by atoms with van der Waals surface area (Å²) >= 11 is 0. The Balaban J connectivity index is 1.73. The van der Waals surface area contributed by atoms with E-state index in [0.29, 0.717) is 12.2 Å². The van der Waals surface area contributed by atoms with Gasteiger partial charge in [0.25, 0.3) is 0 Å². The molecular formula is C18H19FN2O2. The quantitative estimate of drug-likeness (QED) is 0.922. The summed E-state index contributed by atoms with van der Waals surface area (Å²) in [7, 11) is 1.63. The number of amides is 2. The fourth-order valence-corrected chi connectivity index (χ4v) is 2.94. The Morgan fingerprint density at radius 2 is 2.04 bits per heavy atom. The summed E-state index contributed by atoms with van der Waals surface area (Å²) in [6.07, 6.45) is 1.87. The lowest BCUT2D eigenvalue weighted by Crippen LogP contribution is -2.34. The van der Waals surface area contributed by atoms with Crippen molar-refractivity contribution in [2.75, 3.05) is 19.0 Å². The van der Waals surface area contributed by atoms with Gasteiger partial charge < -0.3 is 15.0 Å². The molecule has 0 radical (unpaired) electrons. The number of hydrogen-bond donors (Lipinski definition) is 1. The molecule has 3 rings (SSSR count). The molecule has 1 N–H and O–H groups in total. The predicted molar refractivity (Wildman–Crippen MR) is 87.1 cm³/mol. The van der Waals surface area contributed by atoms with Crippen molar-refractivity contribution >= 4 is 11.7 Å². The highest BCUT2D eigenvalue weighted by Crippen LogP contribution is 2.33. The topological polar surface area (TPSA) is 41.6 Å². The van der Waals surface area contributed by atoms with Crippen molar-refractivity contribution in [3.8, 4) is 5.75 Å². The zero-order valence-corrected chi connectivity index (χ0v) is 13.0. The van der Waals surface area contributed by atoms with Crippen LogP contribution in [0.1, 0.15) is 24.4 Å². The molecule has 1 saturated heterocycles. The van der Waals surface area contributed by atoms with Crippen LogP contribution in [0.5, 0.6) is 5.75 Å². The van der Waals surface area contributed by atoms with Crippen molar-refractivity contribution in [2.45, 2.75) is 18.9 Å². The second-order valence-corrected chi connectivity index (χ2v) is 5.57. The van der Waals surface area contributed by atoms with Crippen molar-refractivity contribution in [1.29, 1.82) is 0 Å². The van der Waals surface area contributed by atoms with Crippen LogP contribution in [0.15, 0.2) is 48.5 Å². The van der Waals surface area contributed by atoms with E-state index in [1.807, 2.05) is 24.3 Å². The zero-order chi connectivity index (χ0) is 16.2. The van der Waals surface area contributed by atoms with E-state index in [0.717, 1.165) is 24.2 Å². The minimum Gasteiger partial charge on any atom is -0.497 e. The van der Waals surface area contributed by atoms with Crippen molar-refractivity contribution in [3.63, 3.8) is 0 Å². The molecule has 1 aliphatic rings. The van der Waals surface area contributed by atoms with Crippen molar-refractivity contribution in [2.24, 2.45) is 0 Å². The maximum absolute atomic E-state index is 13.2. The molecule has 2 amide bonds. The van der Waals surface area contributed by atoms with Crippen molar-refractivity contribution in [3.05, 3.63) is 59.9 Å². The fraction of sp³-hybridized carbons (Fsp3) is 0.278. The molecule has 2 aromatic rings. The maximum atomic E-state index is 13.2. The molecule has 1 atom stereocenters. The number of methoxy groups -OCH3 is 1. The van der Waals surface area contributed by atoms with Gasteiger partial charge in [0.15, 0.2) is 0 Å². The van der Waals surface area contributed by atoms with E-state index < -0.39 is 0 Å². The van der Waals surface area contributed by atoms with Gasteiger partial charge in [-0.2, -0.15) is 0 Å². The summed E-state index contributed by atoms with van der Waals surface area (Å²) in [6, 6.07) is 13.5. The summed E-state index contributed by atoms with van der Waals surface area (Å²) in [5.74, 6) is 0.429. The second-order valence-electron chi connectivity index (χ2n) is 5.57. The van der Waals surface area contributed by atoms with Crippen LogP contribution in [-0.2, 0) is 0 Å². The van der Waals surface area contributed by atoms with Crippen LogP contribution in [-0.4, -0.2) is 24.6 Å². The number of ether oxygens (including phenoxy) is 1. The summed E-state index contributed by atoms with van der Waals surface area (Å²) in [6.45, 7) is 0.692. The summed E-state index contributed by atoms with van der Waals surface area (Å²) < 4.78 is 18.4. The second kappa shape index (κ2) is 6.69. The third-order valence-corrected chi connectivity index (χ3v) is 4.09. The van der Waals surface area contributed by atoms with Crippen LogP contribution in [0.2, 0.25) is 0 Å². The Morgan fingerprint density at radius 1 is 1.26 bits per heavy atom. The first-order chi connectivity index (χ1) is 11.2. The molecule has 0 saturated carbocycles. The molecule has 1 fully saturated rings.